The molecule has 0 saturated heterocycles. The van der Waals surface area contributed by atoms with Crippen molar-refractivity contribution in [2.24, 2.45) is 10.9 Å². The van der Waals surface area contributed by atoms with Gasteiger partial charge in [0.05, 0.1) is 5.69 Å². The standard InChI is InChI=1S/C18H15F2N3S/c19-15-9-8-13(10-16(15)20)17-22-18(21-11-12-6-7-12)24-23(17)14-4-2-1-3-5-14/h1-5,8-10,12H,6-7,11H2. The van der Waals surface area contributed by atoms with E-state index in [-0.39, 0.29) is 0 Å². The van der Waals surface area contributed by atoms with Gasteiger partial charge in [-0.25, -0.2) is 12.7 Å². The second-order valence-electron chi connectivity index (χ2n) is 5.85. The molecular weight excluding hydrogens is 328 g/mol. The van der Waals surface area contributed by atoms with Gasteiger partial charge in [-0.3, -0.25) is 4.99 Å². The molecule has 1 aliphatic rings. The van der Waals surface area contributed by atoms with Crippen molar-refractivity contribution in [1.29, 1.82) is 0 Å². The highest BCUT2D eigenvalue weighted by Gasteiger charge is 2.20. The van der Waals surface area contributed by atoms with Crippen LogP contribution in [0, 0.1) is 17.6 Å². The van der Waals surface area contributed by atoms with E-state index in [1.165, 1.54) is 36.5 Å². The van der Waals surface area contributed by atoms with Crippen LogP contribution < -0.4 is 4.80 Å². The van der Waals surface area contributed by atoms with Crippen LogP contribution in [0.1, 0.15) is 12.8 Å². The largest absolute Gasteiger partial charge is 0.256 e. The summed E-state index contributed by atoms with van der Waals surface area (Å²) in [6, 6.07) is 13.5. The molecule has 0 spiro atoms. The van der Waals surface area contributed by atoms with Crippen LogP contribution in [0.3, 0.4) is 0 Å². The molecule has 3 aromatic rings. The zero-order valence-electron chi connectivity index (χ0n) is 12.8. The molecule has 0 unspecified atom stereocenters. The number of rotatable bonds is 4. The third-order valence-corrected chi connectivity index (χ3v) is 4.87. The van der Waals surface area contributed by atoms with Gasteiger partial charge in [0.2, 0.25) is 4.80 Å². The number of halogens is 2. The first-order valence-electron chi connectivity index (χ1n) is 7.82. The van der Waals surface area contributed by atoms with E-state index in [4.69, 9.17) is 0 Å². The summed E-state index contributed by atoms with van der Waals surface area (Å²) in [6.45, 7) is 0.777. The number of hydrogen-bond donors (Lipinski definition) is 0. The van der Waals surface area contributed by atoms with Crippen LogP contribution in [-0.2, 0) is 0 Å². The Labute approximate surface area is 142 Å². The van der Waals surface area contributed by atoms with E-state index in [2.05, 4.69) is 9.98 Å². The minimum atomic E-state index is -0.878. The van der Waals surface area contributed by atoms with E-state index in [1.807, 2.05) is 34.3 Å². The molecule has 0 N–H and O–H groups in total. The lowest BCUT2D eigenvalue weighted by Gasteiger charge is -2.06. The van der Waals surface area contributed by atoms with Crippen LogP contribution >= 0.6 is 11.5 Å². The number of hydrogen-bond acceptors (Lipinski definition) is 3. The molecule has 0 atom stereocenters. The van der Waals surface area contributed by atoms with Crippen molar-refractivity contribution in [3.8, 4) is 17.1 Å². The van der Waals surface area contributed by atoms with Crippen LogP contribution in [0.5, 0.6) is 0 Å². The summed E-state index contributed by atoms with van der Waals surface area (Å²) in [5.41, 5.74) is 1.45. The maximum absolute atomic E-state index is 13.6. The molecule has 1 fully saturated rings. The van der Waals surface area contributed by atoms with E-state index < -0.39 is 11.6 Å². The minimum absolute atomic E-state index is 0.530. The average molecular weight is 343 g/mol. The summed E-state index contributed by atoms with van der Waals surface area (Å²) < 4.78 is 28.8. The molecule has 2 aromatic carbocycles. The number of nitrogens with zero attached hydrogens (tertiary/aromatic N) is 3. The lowest BCUT2D eigenvalue weighted by molar-refractivity contribution is 0.509. The molecule has 4 rings (SSSR count). The quantitative estimate of drug-likeness (QED) is 0.699. The van der Waals surface area contributed by atoms with Gasteiger partial charge in [-0.05, 0) is 60.6 Å². The molecule has 1 aliphatic carbocycles. The smallest absolute Gasteiger partial charge is 0.223 e. The normalized spacial score (nSPS) is 15.0. The third kappa shape index (κ3) is 3.14. The van der Waals surface area contributed by atoms with Gasteiger partial charge in [-0.15, -0.1) is 0 Å². The Hall–Kier alpha value is -2.34. The Kier molecular flexibility index (Phi) is 3.98. The monoisotopic (exact) mass is 343 g/mol. The predicted molar refractivity (Wildman–Crippen MR) is 89.9 cm³/mol. The zero-order valence-corrected chi connectivity index (χ0v) is 13.6. The molecule has 1 aromatic heterocycles. The Morgan fingerprint density at radius 1 is 1.08 bits per heavy atom. The molecule has 3 nitrogen and oxygen atoms in total. The second-order valence-corrected chi connectivity index (χ2v) is 6.77. The summed E-state index contributed by atoms with van der Waals surface area (Å²) in [5.74, 6) is -0.499. The maximum Gasteiger partial charge on any atom is 0.223 e. The highest BCUT2D eigenvalue weighted by atomic mass is 32.1. The Morgan fingerprint density at radius 2 is 1.88 bits per heavy atom. The molecule has 1 saturated carbocycles. The van der Waals surface area contributed by atoms with Crippen LogP contribution in [0.25, 0.3) is 17.1 Å². The van der Waals surface area contributed by atoms with Crippen molar-refractivity contribution in [3.63, 3.8) is 0 Å². The molecule has 122 valence electrons. The lowest BCUT2D eigenvalue weighted by Crippen LogP contribution is -2.00. The second kappa shape index (κ2) is 6.28. The molecule has 1 heterocycles. The van der Waals surface area contributed by atoms with E-state index in [0.29, 0.717) is 22.1 Å². The highest BCUT2D eigenvalue weighted by Crippen LogP contribution is 2.29. The van der Waals surface area contributed by atoms with Crippen molar-refractivity contribution < 1.29 is 8.78 Å². The van der Waals surface area contributed by atoms with Crippen molar-refractivity contribution in [1.82, 2.24) is 8.94 Å². The van der Waals surface area contributed by atoms with Crippen molar-refractivity contribution in [3.05, 3.63) is 65.0 Å². The van der Waals surface area contributed by atoms with E-state index in [0.717, 1.165) is 18.3 Å². The minimum Gasteiger partial charge on any atom is -0.256 e. The molecule has 0 radical (unpaired) electrons. The van der Waals surface area contributed by atoms with Gasteiger partial charge in [-0.2, -0.15) is 4.98 Å². The number of aromatic nitrogens is 2. The maximum atomic E-state index is 13.6. The average Bonchev–Trinajstić information content (AvgIpc) is 3.34. The highest BCUT2D eigenvalue weighted by molar-refractivity contribution is 7.04. The number of benzene rings is 2. The topological polar surface area (TPSA) is 30.2 Å². The summed E-state index contributed by atoms with van der Waals surface area (Å²) in [7, 11) is 0. The van der Waals surface area contributed by atoms with Crippen molar-refractivity contribution in [2.75, 3.05) is 6.54 Å². The van der Waals surface area contributed by atoms with Gasteiger partial charge in [0.15, 0.2) is 17.5 Å². The van der Waals surface area contributed by atoms with Crippen molar-refractivity contribution in [2.45, 2.75) is 12.8 Å². The van der Waals surface area contributed by atoms with Crippen LogP contribution in [-0.4, -0.2) is 15.5 Å². The third-order valence-electron chi connectivity index (χ3n) is 3.92. The fourth-order valence-corrected chi connectivity index (χ4v) is 3.29. The van der Waals surface area contributed by atoms with Gasteiger partial charge in [0, 0.05) is 12.1 Å². The van der Waals surface area contributed by atoms with E-state index in [1.54, 1.807) is 0 Å². The summed E-state index contributed by atoms with van der Waals surface area (Å²) in [5, 5.41) is 0. The summed E-state index contributed by atoms with van der Waals surface area (Å²) >= 11 is 1.41. The fraction of sp³-hybridized carbons (Fsp3) is 0.222. The summed E-state index contributed by atoms with van der Waals surface area (Å²) in [6.07, 6.45) is 2.45. The molecule has 0 amide bonds. The first-order chi connectivity index (χ1) is 11.7. The fourth-order valence-electron chi connectivity index (χ4n) is 2.41. The van der Waals surface area contributed by atoms with Gasteiger partial charge in [0.25, 0.3) is 0 Å². The van der Waals surface area contributed by atoms with Crippen LogP contribution in [0.2, 0.25) is 0 Å². The molecule has 6 heteroatoms. The first-order valence-corrected chi connectivity index (χ1v) is 8.60. The van der Waals surface area contributed by atoms with Gasteiger partial charge < -0.3 is 0 Å². The van der Waals surface area contributed by atoms with Gasteiger partial charge in [0.1, 0.15) is 0 Å². The SMILES string of the molecule is Fc1ccc(-c2nc(=NCC3CC3)sn2-c2ccccc2)cc1F. The Bertz CT molecular complexity index is 927. The molecule has 0 bridgehead atoms. The molecular formula is C18H15F2N3S. The lowest BCUT2D eigenvalue weighted by atomic mass is 10.2. The molecule has 0 aliphatic heterocycles. The van der Waals surface area contributed by atoms with Gasteiger partial charge >= 0.3 is 0 Å². The zero-order chi connectivity index (χ0) is 16.5. The summed E-state index contributed by atoms with van der Waals surface area (Å²) in [4.78, 5) is 9.77. The van der Waals surface area contributed by atoms with Crippen LogP contribution in [0.15, 0.2) is 53.5 Å². The Balaban J connectivity index is 1.83. The van der Waals surface area contributed by atoms with Gasteiger partial charge in [-0.1, -0.05) is 18.2 Å². The van der Waals surface area contributed by atoms with E-state index in [9.17, 15) is 8.78 Å². The van der Waals surface area contributed by atoms with E-state index >= 15 is 0 Å². The van der Waals surface area contributed by atoms with Crippen molar-refractivity contribution >= 4 is 11.5 Å². The first kappa shape index (κ1) is 15.2. The number of para-hydroxylation sites is 1. The Morgan fingerprint density at radius 3 is 2.58 bits per heavy atom. The molecule has 24 heavy (non-hydrogen) atoms. The predicted octanol–water partition coefficient (Wildman–Crippen LogP) is 4.19. The van der Waals surface area contributed by atoms with Crippen LogP contribution in [0.4, 0.5) is 8.78 Å².